The highest BCUT2D eigenvalue weighted by Crippen LogP contribution is 2.26. The second kappa shape index (κ2) is 7.78. The Morgan fingerprint density at radius 3 is 2.58 bits per heavy atom. The van der Waals surface area contributed by atoms with Gasteiger partial charge >= 0.3 is 0 Å². The van der Waals surface area contributed by atoms with E-state index in [1.165, 1.54) is 11.8 Å². The standard InChI is InChI=1S/C19H22N4O2S/c1-13(2)23(15-8-6-5-7-9-15)17(24)12-26-19-21-20-18(22(19)4)16-10-11-25-14(16)3/h5-11,13H,12H2,1-4H3. The van der Waals surface area contributed by atoms with E-state index in [4.69, 9.17) is 4.42 Å². The number of rotatable bonds is 6. The molecule has 3 rings (SSSR count). The Balaban J connectivity index is 1.73. The van der Waals surface area contributed by atoms with E-state index in [0.29, 0.717) is 10.9 Å². The lowest BCUT2D eigenvalue weighted by molar-refractivity contribution is -0.116. The van der Waals surface area contributed by atoms with Gasteiger partial charge in [0, 0.05) is 18.8 Å². The topological polar surface area (TPSA) is 64.2 Å². The number of carbonyl (C=O) groups excluding carboxylic acids is 1. The van der Waals surface area contributed by atoms with E-state index in [1.807, 2.05) is 73.7 Å². The number of carbonyl (C=O) groups is 1. The van der Waals surface area contributed by atoms with E-state index in [2.05, 4.69) is 10.2 Å². The number of nitrogens with zero attached hydrogens (tertiary/aromatic N) is 4. The third kappa shape index (κ3) is 3.67. The van der Waals surface area contributed by atoms with E-state index < -0.39 is 0 Å². The minimum absolute atomic E-state index is 0.0419. The molecule has 0 aliphatic heterocycles. The second-order valence-electron chi connectivity index (χ2n) is 6.24. The number of anilines is 1. The zero-order chi connectivity index (χ0) is 18.7. The van der Waals surface area contributed by atoms with Crippen LogP contribution in [0, 0.1) is 6.92 Å². The van der Waals surface area contributed by atoms with Gasteiger partial charge in [0.15, 0.2) is 11.0 Å². The fraction of sp³-hybridized carbons (Fsp3) is 0.316. The first-order valence-electron chi connectivity index (χ1n) is 8.42. The highest BCUT2D eigenvalue weighted by atomic mass is 32.2. The van der Waals surface area contributed by atoms with Gasteiger partial charge < -0.3 is 13.9 Å². The Kier molecular flexibility index (Phi) is 5.46. The molecule has 0 fully saturated rings. The molecule has 0 unspecified atom stereocenters. The van der Waals surface area contributed by atoms with Crippen molar-refractivity contribution in [3.8, 4) is 11.4 Å². The van der Waals surface area contributed by atoms with Crippen molar-refractivity contribution < 1.29 is 9.21 Å². The maximum absolute atomic E-state index is 12.8. The van der Waals surface area contributed by atoms with Crippen LogP contribution in [0.2, 0.25) is 0 Å². The van der Waals surface area contributed by atoms with Crippen LogP contribution in [0.3, 0.4) is 0 Å². The average Bonchev–Trinajstić information content (AvgIpc) is 3.19. The number of thioether (sulfide) groups is 1. The van der Waals surface area contributed by atoms with Crippen molar-refractivity contribution in [1.82, 2.24) is 14.8 Å². The number of aromatic nitrogens is 3. The summed E-state index contributed by atoms with van der Waals surface area (Å²) in [6, 6.07) is 11.7. The minimum Gasteiger partial charge on any atom is -0.469 e. The van der Waals surface area contributed by atoms with Crippen molar-refractivity contribution >= 4 is 23.4 Å². The summed E-state index contributed by atoms with van der Waals surface area (Å²) >= 11 is 1.39. The van der Waals surface area contributed by atoms with Crippen LogP contribution in [-0.2, 0) is 11.8 Å². The number of aryl methyl sites for hydroxylation is 1. The van der Waals surface area contributed by atoms with Crippen LogP contribution in [0.1, 0.15) is 19.6 Å². The lowest BCUT2D eigenvalue weighted by Gasteiger charge is -2.26. The molecular formula is C19H22N4O2S. The van der Waals surface area contributed by atoms with Crippen molar-refractivity contribution in [2.45, 2.75) is 32.0 Å². The van der Waals surface area contributed by atoms with Gasteiger partial charge in [-0.3, -0.25) is 4.79 Å². The van der Waals surface area contributed by atoms with Gasteiger partial charge in [-0.2, -0.15) is 0 Å². The highest BCUT2D eigenvalue weighted by molar-refractivity contribution is 7.99. The molecular weight excluding hydrogens is 348 g/mol. The SMILES string of the molecule is Cc1occc1-c1nnc(SCC(=O)N(c2ccccc2)C(C)C)n1C. The normalized spacial score (nSPS) is 11.1. The summed E-state index contributed by atoms with van der Waals surface area (Å²) in [4.78, 5) is 14.6. The molecule has 0 atom stereocenters. The van der Waals surface area contributed by atoms with Crippen LogP contribution >= 0.6 is 11.8 Å². The molecule has 2 heterocycles. The van der Waals surface area contributed by atoms with Gasteiger partial charge in [-0.05, 0) is 39.0 Å². The Labute approximate surface area is 157 Å². The summed E-state index contributed by atoms with van der Waals surface area (Å²) < 4.78 is 7.23. The van der Waals surface area contributed by atoms with Gasteiger partial charge in [0.25, 0.3) is 0 Å². The Hall–Kier alpha value is -2.54. The zero-order valence-corrected chi connectivity index (χ0v) is 16.2. The quantitative estimate of drug-likeness (QED) is 0.616. The monoisotopic (exact) mass is 370 g/mol. The van der Waals surface area contributed by atoms with Crippen LogP contribution in [0.25, 0.3) is 11.4 Å². The molecule has 0 aliphatic carbocycles. The molecule has 26 heavy (non-hydrogen) atoms. The number of amides is 1. The molecule has 7 heteroatoms. The van der Waals surface area contributed by atoms with E-state index in [0.717, 1.165) is 22.8 Å². The molecule has 0 radical (unpaired) electrons. The molecule has 0 spiro atoms. The molecule has 0 aliphatic rings. The summed E-state index contributed by atoms with van der Waals surface area (Å²) in [7, 11) is 1.89. The number of furan rings is 1. The molecule has 6 nitrogen and oxygen atoms in total. The predicted molar refractivity (Wildman–Crippen MR) is 103 cm³/mol. The zero-order valence-electron chi connectivity index (χ0n) is 15.3. The summed E-state index contributed by atoms with van der Waals surface area (Å²) in [5, 5.41) is 9.17. The lowest BCUT2D eigenvalue weighted by atomic mass is 10.2. The molecule has 136 valence electrons. The minimum atomic E-state index is 0.0419. The molecule has 1 aromatic carbocycles. The Morgan fingerprint density at radius 1 is 1.23 bits per heavy atom. The van der Waals surface area contributed by atoms with Crippen LogP contribution in [0.5, 0.6) is 0 Å². The van der Waals surface area contributed by atoms with Gasteiger partial charge in [-0.15, -0.1) is 10.2 Å². The van der Waals surface area contributed by atoms with E-state index in [-0.39, 0.29) is 11.9 Å². The van der Waals surface area contributed by atoms with Crippen molar-refractivity contribution in [3.05, 3.63) is 48.4 Å². The van der Waals surface area contributed by atoms with Crippen LogP contribution < -0.4 is 4.90 Å². The highest BCUT2D eigenvalue weighted by Gasteiger charge is 2.21. The lowest BCUT2D eigenvalue weighted by Crippen LogP contribution is -2.38. The van der Waals surface area contributed by atoms with Gasteiger partial charge in [0.05, 0.1) is 17.6 Å². The smallest absolute Gasteiger partial charge is 0.237 e. The maximum atomic E-state index is 12.8. The molecule has 2 aromatic heterocycles. The first-order chi connectivity index (χ1) is 12.5. The summed E-state index contributed by atoms with van der Waals surface area (Å²) in [6.07, 6.45) is 1.63. The van der Waals surface area contributed by atoms with Gasteiger partial charge in [0.1, 0.15) is 5.76 Å². The number of benzene rings is 1. The van der Waals surface area contributed by atoms with Gasteiger partial charge in [0.2, 0.25) is 5.91 Å². The second-order valence-corrected chi connectivity index (χ2v) is 7.18. The van der Waals surface area contributed by atoms with Crippen LogP contribution in [0.4, 0.5) is 5.69 Å². The number of hydrogen-bond acceptors (Lipinski definition) is 5. The predicted octanol–water partition coefficient (Wildman–Crippen LogP) is 3.92. The molecule has 0 saturated carbocycles. The molecule has 0 N–H and O–H groups in total. The van der Waals surface area contributed by atoms with Crippen molar-refractivity contribution in [3.63, 3.8) is 0 Å². The average molecular weight is 370 g/mol. The molecule has 0 bridgehead atoms. The van der Waals surface area contributed by atoms with Crippen LogP contribution in [-0.4, -0.2) is 32.5 Å². The van der Waals surface area contributed by atoms with Crippen molar-refractivity contribution in [1.29, 1.82) is 0 Å². The van der Waals surface area contributed by atoms with E-state index >= 15 is 0 Å². The van der Waals surface area contributed by atoms with E-state index in [9.17, 15) is 4.79 Å². The Bertz CT molecular complexity index is 886. The Morgan fingerprint density at radius 2 is 1.96 bits per heavy atom. The van der Waals surface area contributed by atoms with Crippen molar-refractivity contribution in [2.75, 3.05) is 10.7 Å². The molecule has 1 amide bonds. The largest absolute Gasteiger partial charge is 0.469 e. The van der Waals surface area contributed by atoms with Gasteiger partial charge in [-0.25, -0.2) is 0 Å². The number of para-hydroxylation sites is 1. The van der Waals surface area contributed by atoms with E-state index in [1.54, 1.807) is 6.26 Å². The summed E-state index contributed by atoms with van der Waals surface area (Å²) in [5.74, 6) is 1.86. The third-order valence-electron chi connectivity index (χ3n) is 4.08. The fourth-order valence-electron chi connectivity index (χ4n) is 2.81. The van der Waals surface area contributed by atoms with Crippen molar-refractivity contribution in [2.24, 2.45) is 7.05 Å². The first-order valence-corrected chi connectivity index (χ1v) is 9.41. The van der Waals surface area contributed by atoms with Crippen LogP contribution in [0.15, 0.2) is 52.2 Å². The number of hydrogen-bond donors (Lipinski definition) is 0. The summed E-state index contributed by atoms with van der Waals surface area (Å²) in [5.41, 5.74) is 1.81. The fourth-order valence-corrected chi connectivity index (χ4v) is 3.58. The molecule has 0 saturated heterocycles. The molecule has 3 aromatic rings. The summed E-state index contributed by atoms with van der Waals surface area (Å²) in [6.45, 7) is 5.91. The third-order valence-corrected chi connectivity index (χ3v) is 5.08. The first kappa shape index (κ1) is 18.3. The van der Waals surface area contributed by atoms with Gasteiger partial charge in [-0.1, -0.05) is 30.0 Å². The maximum Gasteiger partial charge on any atom is 0.237 e.